The normalized spacial score (nSPS) is 10.9. The summed E-state index contributed by atoms with van der Waals surface area (Å²) in [6.45, 7) is 3.80. The molecule has 4 rings (SSSR count). The van der Waals surface area contributed by atoms with Crippen LogP contribution in [-0.4, -0.2) is 43.3 Å². The summed E-state index contributed by atoms with van der Waals surface area (Å²) in [5, 5.41) is 15.1. The van der Waals surface area contributed by atoms with E-state index in [4.69, 9.17) is 11.6 Å². The van der Waals surface area contributed by atoms with E-state index in [-0.39, 0.29) is 36.2 Å². The number of para-hydroxylation sites is 1. The molecule has 2 amide bonds. The summed E-state index contributed by atoms with van der Waals surface area (Å²) in [5.74, 6) is -0.317. The van der Waals surface area contributed by atoms with Crippen LogP contribution in [0, 0.1) is 0 Å². The van der Waals surface area contributed by atoms with E-state index in [2.05, 4.69) is 27.4 Å². The Morgan fingerprint density at radius 1 is 1.09 bits per heavy atom. The van der Waals surface area contributed by atoms with E-state index in [0.717, 1.165) is 11.8 Å². The number of nitrogens with one attached hydrogen (secondary N) is 2. The summed E-state index contributed by atoms with van der Waals surface area (Å²) in [6.07, 6.45) is 1.61. The van der Waals surface area contributed by atoms with Crippen molar-refractivity contribution in [3.63, 3.8) is 0 Å². The van der Waals surface area contributed by atoms with Crippen molar-refractivity contribution in [3.8, 4) is 0 Å². The summed E-state index contributed by atoms with van der Waals surface area (Å²) in [6, 6.07) is 13.8. The van der Waals surface area contributed by atoms with Crippen LogP contribution in [0.4, 0.5) is 5.69 Å². The van der Waals surface area contributed by atoms with Crippen molar-refractivity contribution in [2.75, 3.05) is 17.6 Å². The molecular weight excluding hydrogens is 464 g/mol. The van der Waals surface area contributed by atoms with E-state index in [1.54, 1.807) is 52.9 Å². The van der Waals surface area contributed by atoms with Crippen LogP contribution in [0.5, 0.6) is 0 Å². The molecule has 0 radical (unpaired) electrons. The van der Waals surface area contributed by atoms with Gasteiger partial charge in [-0.1, -0.05) is 41.6 Å². The largest absolute Gasteiger partial charge is 0.346 e. The number of thioether (sulfide) groups is 1. The van der Waals surface area contributed by atoms with E-state index in [1.807, 2.05) is 6.07 Å². The molecule has 11 heteroatoms. The third-order valence-electron chi connectivity index (χ3n) is 4.70. The number of benzene rings is 2. The number of rotatable bonds is 8. The molecule has 0 unspecified atom stereocenters. The number of halogens is 1. The molecule has 0 aliphatic heterocycles. The summed E-state index contributed by atoms with van der Waals surface area (Å²) in [5.41, 5.74) is 1.04. The molecule has 0 atom stereocenters. The molecule has 0 spiro atoms. The first-order chi connectivity index (χ1) is 16.0. The van der Waals surface area contributed by atoms with E-state index in [9.17, 15) is 14.4 Å². The van der Waals surface area contributed by atoms with Gasteiger partial charge in [-0.2, -0.15) is 0 Å². The fourth-order valence-corrected chi connectivity index (χ4v) is 4.12. The van der Waals surface area contributed by atoms with E-state index in [1.165, 1.54) is 4.57 Å². The number of carbonyl (C=O) groups excluding carboxylic acids is 2. The highest BCUT2D eigenvalue weighted by Crippen LogP contribution is 2.21. The van der Waals surface area contributed by atoms with E-state index >= 15 is 0 Å². The quantitative estimate of drug-likeness (QED) is 0.295. The lowest BCUT2D eigenvalue weighted by molar-refractivity contribution is -0.122. The Balaban J connectivity index is 1.45. The second-order valence-electron chi connectivity index (χ2n) is 6.96. The van der Waals surface area contributed by atoms with Crippen molar-refractivity contribution in [1.82, 2.24) is 24.5 Å². The lowest BCUT2D eigenvalue weighted by atomic mass is 10.2. The standard InChI is InChI=1S/C22H19ClN6O3S/c1-2-11-28-20(32)16-5-3-4-6-17(16)29-21(28)26-27-22(29)33-13-19(31)24-12-18(30)25-15-9-7-14(23)8-10-15/h2-10H,1,11-13H2,(H,24,31)(H,25,30). The van der Waals surface area contributed by atoms with Crippen LogP contribution in [0.25, 0.3) is 16.7 Å². The Labute approximate surface area is 197 Å². The maximum atomic E-state index is 12.8. The zero-order valence-electron chi connectivity index (χ0n) is 17.3. The maximum Gasteiger partial charge on any atom is 0.263 e. The second kappa shape index (κ2) is 9.88. The van der Waals surface area contributed by atoms with Gasteiger partial charge in [0.1, 0.15) is 0 Å². The van der Waals surface area contributed by atoms with Crippen molar-refractivity contribution in [1.29, 1.82) is 0 Å². The zero-order valence-corrected chi connectivity index (χ0v) is 18.9. The van der Waals surface area contributed by atoms with Crippen LogP contribution in [-0.2, 0) is 16.1 Å². The molecule has 4 aromatic rings. The monoisotopic (exact) mass is 482 g/mol. The smallest absolute Gasteiger partial charge is 0.263 e. The first-order valence-electron chi connectivity index (χ1n) is 9.90. The Hall–Kier alpha value is -3.63. The number of carbonyl (C=O) groups is 2. The highest BCUT2D eigenvalue weighted by molar-refractivity contribution is 7.99. The van der Waals surface area contributed by atoms with Crippen molar-refractivity contribution < 1.29 is 9.59 Å². The molecule has 0 saturated carbocycles. The molecular formula is C22H19ClN6O3S. The molecule has 33 heavy (non-hydrogen) atoms. The fraction of sp³-hybridized carbons (Fsp3) is 0.136. The van der Waals surface area contributed by atoms with Crippen molar-refractivity contribution >= 4 is 57.5 Å². The molecule has 0 saturated heterocycles. The average molecular weight is 483 g/mol. The number of hydrogen-bond donors (Lipinski definition) is 2. The molecule has 0 aliphatic carbocycles. The maximum absolute atomic E-state index is 12.8. The van der Waals surface area contributed by atoms with Gasteiger partial charge in [-0.05, 0) is 36.4 Å². The number of hydrogen-bond acceptors (Lipinski definition) is 6. The average Bonchev–Trinajstić information content (AvgIpc) is 3.24. The predicted molar refractivity (Wildman–Crippen MR) is 129 cm³/mol. The molecule has 0 aliphatic rings. The van der Waals surface area contributed by atoms with Gasteiger partial charge < -0.3 is 10.6 Å². The van der Waals surface area contributed by atoms with Gasteiger partial charge in [0.15, 0.2) is 5.16 Å². The number of allylic oxidation sites excluding steroid dienone is 1. The van der Waals surface area contributed by atoms with E-state index in [0.29, 0.717) is 32.5 Å². The summed E-state index contributed by atoms with van der Waals surface area (Å²) < 4.78 is 3.22. The van der Waals surface area contributed by atoms with Crippen molar-refractivity contribution in [2.45, 2.75) is 11.7 Å². The third kappa shape index (κ3) is 4.91. The minimum Gasteiger partial charge on any atom is -0.346 e. The molecule has 2 aromatic heterocycles. The highest BCUT2D eigenvalue weighted by atomic mass is 35.5. The molecule has 2 N–H and O–H groups in total. The van der Waals surface area contributed by atoms with Gasteiger partial charge in [0.2, 0.25) is 17.6 Å². The molecule has 168 valence electrons. The Morgan fingerprint density at radius 3 is 2.61 bits per heavy atom. The van der Waals surface area contributed by atoms with Crippen LogP contribution in [0.1, 0.15) is 0 Å². The number of nitrogens with zero attached hydrogens (tertiary/aromatic N) is 4. The first-order valence-corrected chi connectivity index (χ1v) is 11.3. The summed E-state index contributed by atoms with van der Waals surface area (Å²) in [7, 11) is 0. The third-order valence-corrected chi connectivity index (χ3v) is 5.88. The molecule has 2 heterocycles. The fourth-order valence-electron chi connectivity index (χ4n) is 3.22. The molecule has 0 fully saturated rings. The number of anilines is 1. The molecule has 2 aromatic carbocycles. The van der Waals surface area contributed by atoms with Crippen molar-refractivity contribution in [2.24, 2.45) is 0 Å². The minimum atomic E-state index is -0.358. The highest BCUT2D eigenvalue weighted by Gasteiger charge is 2.17. The zero-order chi connectivity index (χ0) is 23.4. The van der Waals surface area contributed by atoms with Gasteiger partial charge in [-0.25, -0.2) is 0 Å². The summed E-state index contributed by atoms with van der Waals surface area (Å²) >= 11 is 6.98. The second-order valence-corrected chi connectivity index (χ2v) is 8.34. The molecule has 0 bridgehead atoms. The van der Waals surface area contributed by atoms with Crippen LogP contribution < -0.4 is 16.2 Å². The lowest BCUT2D eigenvalue weighted by Crippen LogP contribution is -2.33. The minimum absolute atomic E-state index is 0.0178. The Morgan fingerprint density at radius 2 is 1.85 bits per heavy atom. The first kappa shape index (κ1) is 22.6. The van der Waals surface area contributed by atoms with Crippen LogP contribution in [0.15, 0.2) is 71.1 Å². The van der Waals surface area contributed by atoms with Gasteiger partial charge >= 0.3 is 0 Å². The Bertz CT molecular complexity index is 1410. The Kier molecular flexibility index (Phi) is 6.76. The molecule has 9 nitrogen and oxygen atoms in total. The topological polar surface area (TPSA) is 110 Å². The number of aromatic nitrogens is 4. The van der Waals surface area contributed by atoms with Crippen LogP contribution in [0.2, 0.25) is 5.02 Å². The number of fused-ring (bicyclic) bond motifs is 3. The van der Waals surface area contributed by atoms with Gasteiger partial charge in [0, 0.05) is 17.3 Å². The van der Waals surface area contributed by atoms with E-state index < -0.39 is 0 Å². The summed E-state index contributed by atoms with van der Waals surface area (Å²) in [4.78, 5) is 37.2. The van der Waals surface area contributed by atoms with Gasteiger partial charge in [0.25, 0.3) is 5.56 Å². The van der Waals surface area contributed by atoms with Gasteiger partial charge in [-0.15, -0.1) is 16.8 Å². The SMILES string of the molecule is C=CCn1c(=O)c2ccccc2n2c(SCC(=O)NCC(=O)Nc3ccc(Cl)cc3)nnc12. The predicted octanol–water partition coefficient (Wildman–Crippen LogP) is 2.73. The van der Waals surface area contributed by atoms with Gasteiger partial charge in [0.05, 0.1) is 23.2 Å². The van der Waals surface area contributed by atoms with Crippen LogP contribution >= 0.6 is 23.4 Å². The van der Waals surface area contributed by atoms with Crippen molar-refractivity contribution in [3.05, 3.63) is 76.6 Å². The van der Waals surface area contributed by atoms with Crippen LogP contribution in [0.3, 0.4) is 0 Å². The number of amides is 2. The lowest BCUT2D eigenvalue weighted by Gasteiger charge is -2.10. The van der Waals surface area contributed by atoms with Gasteiger partial charge in [-0.3, -0.25) is 23.4 Å².